The average molecular weight is 652 g/mol. The van der Waals surface area contributed by atoms with Crippen molar-refractivity contribution < 1.29 is 33.7 Å². The van der Waals surface area contributed by atoms with Gasteiger partial charge < -0.3 is 19.3 Å². The molecule has 1 aromatic rings. The molecule has 266 valence electrons. The highest BCUT2D eigenvalue weighted by molar-refractivity contribution is 5.70. The molecule has 0 saturated carbocycles. The van der Waals surface area contributed by atoms with Crippen LogP contribution >= 0.6 is 0 Å². The minimum absolute atomic E-state index is 0.0321. The van der Waals surface area contributed by atoms with Crippen LogP contribution in [0.5, 0.6) is 0 Å². The van der Waals surface area contributed by atoms with E-state index in [0.717, 1.165) is 38.5 Å². The Bertz CT molecular complexity index is 893. The number of hydrogen-bond acceptors (Lipinski definition) is 9. The second-order valence-corrected chi connectivity index (χ2v) is 12.5. The molecule has 0 aliphatic rings. The summed E-state index contributed by atoms with van der Waals surface area (Å²) < 4.78 is 17.7. The molecule has 10 nitrogen and oxygen atoms in total. The SMILES string of the molecule is CCCCCCCCCCCCC(=O)OCC(Cn1cc(CCC(=O)OCCO)nn1)OC(=O)CCCCCCCCCCCC. The largest absolute Gasteiger partial charge is 0.463 e. The fourth-order valence-corrected chi connectivity index (χ4v) is 5.35. The Morgan fingerprint density at radius 1 is 0.674 bits per heavy atom. The molecular formula is C36H65N3O7. The van der Waals surface area contributed by atoms with Crippen molar-refractivity contribution in [1.82, 2.24) is 15.0 Å². The molecule has 1 aromatic heterocycles. The summed E-state index contributed by atoms with van der Waals surface area (Å²) in [6.07, 6.45) is 26.0. The number of aromatic nitrogens is 3. The predicted octanol–water partition coefficient (Wildman–Crippen LogP) is 7.82. The molecule has 0 spiro atoms. The molecule has 1 atom stereocenters. The normalized spacial score (nSPS) is 11.8. The lowest BCUT2D eigenvalue weighted by molar-refractivity contribution is -0.160. The minimum Gasteiger partial charge on any atom is -0.463 e. The lowest BCUT2D eigenvalue weighted by Gasteiger charge is -2.18. The van der Waals surface area contributed by atoms with Crippen molar-refractivity contribution in [2.75, 3.05) is 19.8 Å². The van der Waals surface area contributed by atoms with E-state index in [1.165, 1.54) is 89.9 Å². The van der Waals surface area contributed by atoms with E-state index in [1.807, 2.05) is 0 Å². The second kappa shape index (κ2) is 29.9. The van der Waals surface area contributed by atoms with Gasteiger partial charge in [-0.1, -0.05) is 135 Å². The number of unbranched alkanes of at least 4 members (excludes halogenated alkanes) is 18. The maximum absolute atomic E-state index is 12.7. The van der Waals surface area contributed by atoms with Gasteiger partial charge in [-0.05, 0) is 12.8 Å². The van der Waals surface area contributed by atoms with Crippen molar-refractivity contribution in [1.29, 1.82) is 0 Å². The van der Waals surface area contributed by atoms with Gasteiger partial charge in [0, 0.05) is 25.5 Å². The smallest absolute Gasteiger partial charge is 0.306 e. The number of rotatable bonds is 32. The molecule has 0 fully saturated rings. The number of aliphatic hydroxyl groups is 1. The molecule has 0 amide bonds. The number of carbonyl (C=O) groups is 3. The van der Waals surface area contributed by atoms with Crippen molar-refractivity contribution in [3.8, 4) is 0 Å². The Labute approximate surface area is 278 Å². The van der Waals surface area contributed by atoms with Gasteiger partial charge in [0.2, 0.25) is 0 Å². The van der Waals surface area contributed by atoms with Crippen molar-refractivity contribution in [3.63, 3.8) is 0 Å². The Balaban J connectivity index is 2.44. The molecule has 1 unspecified atom stereocenters. The lowest BCUT2D eigenvalue weighted by atomic mass is 10.1. The molecule has 46 heavy (non-hydrogen) atoms. The van der Waals surface area contributed by atoms with Gasteiger partial charge in [-0.25, -0.2) is 4.68 Å². The van der Waals surface area contributed by atoms with E-state index in [-0.39, 0.29) is 44.7 Å². The van der Waals surface area contributed by atoms with Crippen LogP contribution in [-0.2, 0) is 41.6 Å². The summed E-state index contributed by atoms with van der Waals surface area (Å²) in [5.41, 5.74) is 0.592. The summed E-state index contributed by atoms with van der Waals surface area (Å²) in [7, 11) is 0. The summed E-state index contributed by atoms with van der Waals surface area (Å²) in [4.78, 5) is 36.9. The monoisotopic (exact) mass is 651 g/mol. The topological polar surface area (TPSA) is 130 Å². The van der Waals surface area contributed by atoms with Crippen LogP contribution in [0.3, 0.4) is 0 Å². The second-order valence-electron chi connectivity index (χ2n) is 12.5. The zero-order chi connectivity index (χ0) is 33.5. The van der Waals surface area contributed by atoms with Crippen molar-refractivity contribution >= 4 is 17.9 Å². The van der Waals surface area contributed by atoms with E-state index < -0.39 is 12.1 Å². The standard InChI is InChI=1S/C36H65N3O7/c1-3-5-7-9-11-13-15-17-19-21-23-34(41)45-31-33(30-39-29-32(37-38-39)25-26-35(42)44-28-27-40)46-36(43)24-22-20-18-16-14-12-10-8-6-4-2/h29,33,40H,3-28,30-31H2,1-2H3. The Kier molecular flexibility index (Phi) is 27.0. The van der Waals surface area contributed by atoms with Gasteiger partial charge in [-0.2, -0.15) is 0 Å². The minimum atomic E-state index is -0.684. The quantitative estimate of drug-likeness (QED) is 0.0471. The number of carbonyl (C=O) groups excluding carboxylic acids is 3. The third-order valence-electron chi connectivity index (χ3n) is 8.11. The molecular weight excluding hydrogens is 586 g/mol. The van der Waals surface area contributed by atoms with Gasteiger partial charge in [0.15, 0.2) is 6.10 Å². The summed E-state index contributed by atoms with van der Waals surface area (Å²) >= 11 is 0. The zero-order valence-corrected chi connectivity index (χ0v) is 29.2. The first kappa shape index (κ1) is 41.5. The number of esters is 3. The molecule has 1 N–H and O–H groups in total. The van der Waals surface area contributed by atoms with Crippen LogP contribution in [-0.4, -0.2) is 63.9 Å². The van der Waals surface area contributed by atoms with Gasteiger partial charge in [0.25, 0.3) is 0 Å². The van der Waals surface area contributed by atoms with Gasteiger partial charge in [-0.15, -0.1) is 5.10 Å². The highest BCUT2D eigenvalue weighted by Gasteiger charge is 2.19. The molecule has 0 radical (unpaired) electrons. The zero-order valence-electron chi connectivity index (χ0n) is 29.2. The molecule has 0 saturated heterocycles. The van der Waals surface area contributed by atoms with Crippen molar-refractivity contribution in [2.45, 2.75) is 181 Å². The third kappa shape index (κ3) is 24.7. The molecule has 0 aromatic carbocycles. The molecule has 1 rings (SSSR count). The summed E-state index contributed by atoms with van der Waals surface area (Å²) in [6, 6.07) is 0. The average Bonchev–Trinajstić information content (AvgIpc) is 3.50. The van der Waals surface area contributed by atoms with Crippen molar-refractivity contribution in [3.05, 3.63) is 11.9 Å². The number of ether oxygens (including phenoxy) is 3. The predicted molar refractivity (Wildman–Crippen MR) is 180 cm³/mol. The van der Waals surface area contributed by atoms with Gasteiger partial charge >= 0.3 is 17.9 Å². The highest BCUT2D eigenvalue weighted by atomic mass is 16.6. The Hall–Kier alpha value is -2.49. The van der Waals surface area contributed by atoms with E-state index in [0.29, 0.717) is 25.0 Å². The molecule has 0 aliphatic heterocycles. The van der Waals surface area contributed by atoms with E-state index in [9.17, 15) is 14.4 Å². The lowest BCUT2D eigenvalue weighted by Crippen LogP contribution is -2.30. The number of hydrogen-bond donors (Lipinski definition) is 1. The number of aryl methyl sites for hydroxylation is 1. The van der Waals surface area contributed by atoms with Gasteiger partial charge in [0.05, 0.1) is 25.3 Å². The molecule has 0 bridgehead atoms. The first-order chi connectivity index (χ1) is 22.5. The van der Waals surface area contributed by atoms with Crippen LogP contribution in [0.25, 0.3) is 0 Å². The fraction of sp³-hybridized carbons (Fsp3) is 0.861. The molecule has 10 heteroatoms. The van der Waals surface area contributed by atoms with Crippen LogP contribution in [0.4, 0.5) is 0 Å². The van der Waals surface area contributed by atoms with E-state index in [4.69, 9.17) is 19.3 Å². The summed E-state index contributed by atoms with van der Waals surface area (Å²) in [6.45, 7) is 4.37. The van der Waals surface area contributed by atoms with Gasteiger partial charge in [-0.3, -0.25) is 14.4 Å². The fourth-order valence-electron chi connectivity index (χ4n) is 5.35. The van der Waals surface area contributed by atoms with Crippen LogP contribution in [0.2, 0.25) is 0 Å². The first-order valence-corrected chi connectivity index (χ1v) is 18.5. The number of nitrogens with zero attached hydrogens (tertiary/aromatic N) is 3. The Morgan fingerprint density at radius 2 is 1.15 bits per heavy atom. The highest BCUT2D eigenvalue weighted by Crippen LogP contribution is 2.14. The molecule has 1 heterocycles. The van der Waals surface area contributed by atoms with Gasteiger partial charge in [0.1, 0.15) is 13.2 Å². The summed E-state index contributed by atoms with van der Waals surface area (Å²) in [5, 5.41) is 17.0. The number of aliphatic hydroxyl groups excluding tert-OH is 1. The van der Waals surface area contributed by atoms with Crippen LogP contribution in [0, 0.1) is 0 Å². The van der Waals surface area contributed by atoms with E-state index in [1.54, 1.807) is 10.9 Å². The van der Waals surface area contributed by atoms with Crippen LogP contribution < -0.4 is 0 Å². The van der Waals surface area contributed by atoms with Crippen LogP contribution in [0.1, 0.15) is 167 Å². The molecule has 0 aliphatic carbocycles. The third-order valence-corrected chi connectivity index (χ3v) is 8.11. The van der Waals surface area contributed by atoms with Crippen LogP contribution in [0.15, 0.2) is 6.20 Å². The maximum atomic E-state index is 12.7. The maximum Gasteiger partial charge on any atom is 0.306 e. The van der Waals surface area contributed by atoms with E-state index >= 15 is 0 Å². The van der Waals surface area contributed by atoms with E-state index in [2.05, 4.69) is 24.2 Å². The van der Waals surface area contributed by atoms with Crippen molar-refractivity contribution in [2.24, 2.45) is 0 Å². The first-order valence-electron chi connectivity index (χ1n) is 18.5. The summed E-state index contributed by atoms with van der Waals surface area (Å²) in [5.74, 6) is -1.00. The Morgan fingerprint density at radius 3 is 1.67 bits per heavy atom.